The van der Waals surface area contributed by atoms with Gasteiger partial charge in [0.2, 0.25) is 0 Å². The van der Waals surface area contributed by atoms with Crippen molar-refractivity contribution in [1.82, 2.24) is 44.9 Å². The number of rotatable bonds is 10. The molecule has 484 valence electrons. The average molecular weight is 1330 g/mol. The maximum absolute atomic E-state index is 5.38. The van der Waals surface area contributed by atoms with Crippen molar-refractivity contribution in [2.45, 2.75) is 0 Å². The molecular formula is C95H59N9. The van der Waals surface area contributed by atoms with Crippen molar-refractivity contribution >= 4 is 86.7 Å². The fourth-order valence-electron chi connectivity index (χ4n) is 14.8. The Balaban J connectivity index is 0.000000143. The summed E-state index contributed by atoms with van der Waals surface area (Å²) in [5.74, 6) is 2.48. The molecule has 14 aromatic carbocycles. The van der Waals surface area contributed by atoms with Gasteiger partial charge >= 0.3 is 0 Å². The minimum atomic E-state index is 0.588. The van der Waals surface area contributed by atoms with Crippen LogP contribution in [0.25, 0.3) is 199 Å². The molecule has 6 aromatic heterocycles. The van der Waals surface area contributed by atoms with Gasteiger partial charge in [-0.3, -0.25) is 19.9 Å². The first kappa shape index (κ1) is 61.0. The van der Waals surface area contributed by atoms with Crippen LogP contribution >= 0.6 is 0 Å². The van der Waals surface area contributed by atoms with Crippen LogP contribution in [-0.2, 0) is 0 Å². The second kappa shape index (κ2) is 26.2. The van der Waals surface area contributed by atoms with Crippen molar-refractivity contribution in [3.8, 4) is 113 Å². The SMILES string of the molecule is c1ccc2c(-c3cc(-c4cccc5ccccc45)nc(-c4cc(-c5cccc6cccnc56)cc(-c5cccc6cccnc56)c4)n3)cccc2c1.c1ccc2c(-c3nc(-c4cc(-c5cccc6cccnc56)cc(-c5cccc6cccnc56)c4)nc(-c4cccc5ccccc45)n3)cccc2c1. The lowest BCUT2D eigenvalue weighted by molar-refractivity contribution is 1.08. The van der Waals surface area contributed by atoms with Crippen LogP contribution in [0.5, 0.6) is 0 Å². The summed E-state index contributed by atoms with van der Waals surface area (Å²) in [6, 6.07) is 116. The minimum Gasteiger partial charge on any atom is -0.256 e. The monoisotopic (exact) mass is 1330 g/mol. The van der Waals surface area contributed by atoms with Gasteiger partial charge in [-0.15, -0.1) is 0 Å². The molecule has 0 aliphatic carbocycles. The number of para-hydroxylation sites is 4. The molecule has 0 N–H and O–H groups in total. The maximum atomic E-state index is 5.38. The highest BCUT2D eigenvalue weighted by Crippen LogP contribution is 2.42. The third-order valence-corrected chi connectivity index (χ3v) is 19.7. The highest BCUT2D eigenvalue weighted by Gasteiger charge is 2.22. The fraction of sp³-hybridized carbons (Fsp3) is 0. The van der Waals surface area contributed by atoms with Gasteiger partial charge in [0, 0.05) is 102 Å². The summed E-state index contributed by atoms with van der Waals surface area (Å²) in [5, 5.41) is 13.4. The molecule has 20 rings (SSSR count). The average Bonchev–Trinajstić information content (AvgIpc) is 0.767. The van der Waals surface area contributed by atoms with Crippen LogP contribution in [-0.4, -0.2) is 44.9 Å². The van der Waals surface area contributed by atoms with E-state index in [1.807, 2.05) is 49.1 Å². The van der Waals surface area contributed by atoms with Crippen LogP contribution in [0, 0.1) is 0 Å². The molecule has 0 saturated heterocycles. The second-order valence-electron chi connectivity index (χ2n) is 26.0. The third-order valence-electron chi connectivity index (χ3n) is 19.7. The van der Waals surface area contributed by atoms with Gasteiger partial charge in [0.05, 0.1) is 33.5 Å². The number of benzene rings is 14. The summed E-state index contributed by atoms with van der Waals surface area (Å²) in [6.07, 6.45) is 7.42. The molecule has 0 bridgehead atoms. The van der Waals surface area contributed by atoms with E-state index in [9.17, 15) is 0 Å². The van der Waals surface area contributed by atoms with Gasteiger partial charge < -0.3 is 0 Å². The summed E-state index contributed by atoms with van der Waals surface area (Å²) in [6.45, 7) is 0. The van der Waals surface area contributed by atoms with Gasteiger partial charge in [-0.1, -0.05) is 267 Å². The molecule has 9 nitrogen and oxygen atoms in total. The first-order chi connectivity index (χ1) is 51.5. The number of nitrogens with zero attached hydrogens (tertiary/aromatic N) is 9. The maximum Gasteiger partial charge on any atom is 0.164 e. The predicted octanol–water partition coefficient (Wildman–Crippen LogP) is 23.8. The van der Waals surface area contributed by atoms with Crippen LogP contribution in [0.1, 0.15) is 0 Å². The normalized spacial score (nSPS) is 11.5. The molecular weight excluding hydrogens is 1270 g/mol. The lowest BCUT2D eigenvalue weighted by atomic mass is 9.93. The fourth-order valence-corrected chi connectivity index (χ4v) is 14.8. The van der Waals surface area contributed by atoms with Crippen molar-refractivity contribution < 1.29 is 0 Å². The molecule has 0 spiro atoms. The Hall–Kier alpha value is -14.2. The van der Waals surface area contributed by atoms with Crippen LogP contribution in [0.2, 0.25) is 0 Å². The largest absolute Gasteiger partial charge is 0.256 e. The van der Waals surface area contributed by atoms with E-state index in [1.165, 1.54) is 10.8 Å². The molecule has 0 aliphatic rings. The zero-order valence-corrected chi connectivity index (χ0v) is 56.1. The molecule has 0 saturated carbocycles. The van der Waals surface area contributed by atoms with E-state index in [2.05, 4.69) is 309 Å². The number of hydrogen-bond donors (Lipinski definition) is 0. The van der Waals surface area contributed by atoms with E-state index in [4.69, 9.17) is 44.9 Å². The summed E-state index contributed by atoms with van der Waals surface area (Å²) >= 11 is 0. The molecule has 0 atom stereocenters. The van der Waals surface area contributed by atoms with E-state index < -0.39 is 0 Å². The van der Waals surface area contributed by atoms with Crippen LogP contribution < -0.4 is 0 Å². The summed E-state index contributed by atoms with van der Waals surface area (Å²) < 4.78 is 0. The molecule has 0 amide bonds. The topological polar surface area (TPSA) is 116 Å². The van der Waals surface area contributed by atoms with E-state index in [1.54, 1.807) is 0 Å². The van der Waals surface area contributed by atoms with Crippen LogP contribution in [0.4, 0.5) is 0 Å². The van der Waals surface area contributed by atoms with E-state index in [0.717, 1.165) is 165 Å². The number of aromatic nitrogens is 9. The first-order valence-corrected chi connectivity index (χ1v) is 34.8. The van der Waals surface area contributed by atoms with Gasteiger partial charge in [0.15, 0.2) is 23.3 Å². The first-order valence-electron chi connectivity index (χ1n) is 34.8. The molecule has 0 fully saturated rings. The van der Waals surface area contributed by atoms with E-state index >= 15 is 0 Å². The Labute approximate surface area is 598 Å². The third kappa shape index (κ3) is 11.3. The van der Waals surface area contributed by atoms with Crippen molar-refractivity contribution in [2.75, 3.05) is 0 Å². The smallest absolute Gasteiger partial charge is 0.164 e. The molecule has 0 radical (unpaired) electrons. The molecule has 0 aliphatic heterocycles. The molecule has 104 heavy (non-hydrogen) atoms. The Morgan fingerprint density at radius 1 is 0.154 bits per heavy atom. The lowest BCUT2D eigenvalue weighted by Crippen LogP contribution is -2.01. The number of pyridine rings is 4. The Morgan fingerprint density at radius 2 is 0.385 bits per heavy atom. The van der Waals surface area contributed by atoms with Gasteiger partial charge in [0.25, 0.3) is 0 Å². The second-order valence-corrected chi connectivity index (χ2v) is 26.0. The zero-order valence-electron chi connectivity index (χ0n) is 56.1. The van der Waals surface area contributed by atoms with Crippen LogP contribution in [0.15, 0.2) is 358 Å². The molecule has 20 aromatic rings. The van der Waals surface area contributed by atoms with Crippen molar-refractivity contribution in [1.29, 1.82) is 0 Å². The summed E-state index contributed by atoms with van der Waals surface area (Å²) in [7, 11) is 0. The van der Waals surface area contributed by atoms with Crippen molar-refractivity contribution in [3.05, 3.63) is 358 Å². The van der Waals surface area contributed by atoms with Crippen LogP contribution in [0.3, 0.4) is 0 Å². The lowest BCUT2D eigenvalue weighted by Gasteiger charge is -2.15. The zero-order chi connectivity index (χ0) is 68.9. The quantitative estimate of drug-likeness (QED) is 0.132. The highest BCUT2D eigenvalue weighted by molar-refractivity contribution is 6.04. The minimum absolute atomic E-state index is 0.588. The van der Waals surface area contributed by atoms with Crippen molar-refractivity contribution in [2.24, 2.45) is 0 Å². The van der Waals surface area contributed by atoms with E-state index in [-0.39, 0.29) is 0 Å². The molecule has 6 heterocycles. The van der Waals surface area contributed by atoms with Gasteiger partial charge in [-0.2, -0.15) is 0 Å². The molecule has 9 heteroatoms. The summed E-state index contributed by atoms with van der Waals surface area (Å²) in [4.78, 5) is 45.8. The highest BCUT2D eigenvalue weighted by atomic mass is 15.0. The Kier molecular flexibility index (Phi) is 15.3. The number of hydrogen-bond acceptors (Lipinski definition) is 9. The predicted molar refractivity (Wildman–Crippen MR) is 427 cm³/mol. The van der Waals surface area contributed by atoms with Gasteiger partial charge in [0.1, 0.15) is 0 Å². The van der Waals surface area contributed by atoms with Crippen molar-refractivity contribution in [3.63, 3.8) is 0 Å². The van der Waals surface area contributed by atoms with Gasteiger partial charge in [-0.05, 0) is 132 Å². The summed E-state index contributed by atoms with van der Waals surface area (Å²) in [5.41, 5.74) is 19.6. The Bertz CT molecular complexity index is 5540. The standard InChI is InChI=1S/C48H30N4.C47H29N5/c1-3-19-38-31(11-1)13-5-23-42(38)44-30-45(43-24-6-14-32-12-2-4-20-39(32)43)52-48(51-44)37-28-35(40-21-7-15-33-17-9-25-49-46(33)40)27-36(29-37)41-22-8-16-34-18-10-26-50-47(34)41;1-3-19-37-30(11-1)13-5-23-41(37)46-50-45(51-47(52-46)42-24-6-14-31-12-2-4-20-38(31)42)36-28-34(39-21-7-15-32-17-9-25-48-43(32)39)27-35(29-36)40-22-8-16-33-18-10-26-49-44(33)40/h1-30H;1-29H. The van der Waals surface area contributed by atoms with E-state index in [0.29, 0.717) is 23.3 Å². The molecule has 0 unspecified atom stereocenters. The number of fused-ring (bicyclic) bond motifs is 8. The Morgan fingerprint density at radius 3 is 0.712 bits per heavy atom. The van der Waals surface area contributed by atoms with Gasteiger partial charge in [-0.25, -0.2) is 24.9 Å².